The van der Waals surface area contributed by atoms with Gasteiger partial charge in [0.2, 0.25) is 10.0 Å². The molecular formula is C23H22N4O4S. The zero-order valence-electron chi connectivity index (χ0n) is 17.3. The molecule has 3 aromatic rings. The van der Waals surface area contributed by atoms with E-state index in [1.54, 1.807) is 48.7 Å². The van der Waals surface area contributed by atoms with E-state index < -0.39 is 22.0 Å². The maximum Gasteiger partial charge on any atom is 0.353 e. The van der Waals surface area contributed by atoms with Crippen molar-refractivity contribution in [2.24, 2.45) is 5.14 Å². The minimum absolute atomic E-state index is 0.00453. The Balaban J connectivity index is 1.88. The molecule has 32 heavy (non-hydrogen) atoms. The lowest BCUT2D eigenvalue weighted by Gasteiger charge is -2.33. The van der Waals surface area contributed by atoms with Crippen molar-refractivity contribution in [2.45, 2.75) is 17.5 Å². The summed E-state index contributed by atoms with van der Waals surface area (Å²) < 4.78 is 23.4. The average molecular weight is 451 g/mol. The molecule has 0 fully saturated rings. The summed E-state index contributed by atoms with van der Waals surface area (Å²) >= 11 is 0. The first-order valence-corrected chi connectivity index (χ1v) is 11.4. The third kappa shape index (κ3) is 4.13. The first-order chi connectivity index (χ1) is 15.3. The Morgan fingerprint density at radius 1 is 1.03 bits per heavy atom. The lowest BCUT2D eigenvalue weighted by molar-refractivity contribution is -0.136. The van der Waals surface area contributed by atoms with Crippen molar-refractivity contribution in [3.8, 4) is 0 Å². The number of benzene rings is 2. The lowest BCUT2D eigenvalue weighted by atomic mass is 9.92. The van der Waals surface area contributed by atoms with Gasteiger partial charge in [-0.05, 0) is 41.0 Å². The zero-order chi connectivity index (χ0) is 22.9. The van der Waals surface area contributed by atoms with Gasteiger partial charge in [-0.25, -0.2) is 23.4 Å². The minimum Gasteiger partial charge on any atom is -0.477 e. The number of nitrogens with two attached hydrogens (primary N) is 1. The van der Waals surface area contributed by atoms with E-state index in [-0.39, 0.29) is 10.6 Å². The van der Waals surface area contributed by atoms with E-state index in [4.69, 9.17) is 5.14 Å². The summed E-state index contributed by atoms with van der Waals surface area (Å²) in [6.07, 6.45) is 3.23. The molecule has 1 aliphatic heterocycles. The van der Waals surface area contributed by atoms with Crippen LogP contribution in [-0.2, 0) is 21.4 Å². The summed E-state index contributed by atoms with van der Waals surface area (Å²) in [4.78, 5) is 16.4. The van der Waals surface area contributed by atoms with Crippen LogP contribution in [0.25, 0.3) is 5.57 Å². The SMILES string of the molecule is CN1C(C(=O)O)=C(c2ccncc2)C(c2ccc(S(N)(=O)=O)cc2)N1Cc1ccccc1. The molecule has 0 aliphatic carbocycles. The number of rotatable bonds is 6. The maximum absolute atomic E-state index is 12.3. The van der Waals surface area contributed by atoms with Crippen LogP contribution in [0.3, 0.4) is 0 Å². The van der Waals surface area contributed by atoms with Gasteiger partial charge in [-0.2, -0.15) is 0 Å². The van der Waals surface area contributed by atoms with Gasteiger partial charge in [0.25, 0.3) is 0 Å². The fourth-order valence-electron chi connectivity index (χ4n) is 3.98. The third-order valence-electron chi connectivity index (χ3n) is 5.44. The molecule has 1 aromatic heterocycles. The summed E-state index contributed by atoms with van der Waals surface area (Å²) in [5.41, 5.74) is 3.21. The highest BCUT2D eigenvalue weighted by molar-refractivity contribution is 7.89. The van der Waals surface area contributed by atoms with E-state index in [1.165, 1.54) is 12.1 Å². The Bertz CT molecular complexity index is 1260. The Morgan fingerprint density at radius 3 is 2.22 bits per heavy atom. The van der Waals surface area contributed by atoms with Crippen LogP contribution in [0.2, 0.25) is 0 Å². The molecule has 0 saturated carbocycles. The van der Waals surface area contributed by atoms with Crippen molar-refractivity contribution >= 4 is 21.6 Å². The third-order valence-corrected chi connectivity index (χ3v) is 6.37. The highest BCUT2D eigenvalue weighted by atomic mass is 32.2. The zero-order valence-corrected chi connectivity index (χ0v) is 18.1. The molecule has 1 unspecified atom stereocenters. The summed E-state index contributed by atoms with van der Waals surface area (Å²) in [5, 5.41) is 18.9. The molecule has 0 spiro atoms. The standard InChI is InChI=1S/C23H22N4O4S/c1-26-22(23(28)29)20(17-11-13-25-14-12-17)21(27(26)15-16-5-3-2-4-6-16)18-7-9-19(10-8-18)32(24,30)31/h2-14,21H,15H2,1H3,(H,28,29)(H2,24,30,31). The molecule has 4 rings (SSSR count). The van der Waals surface area contributed by atoms with Crippen LogP contribution in [0.1, 0.15) is 22.7 Å². The Morgan fingerprint density at radius 2 is 1.66 bits per heavy atom. The summed E-state index contributed by atoms with van der Waals surface area (Å²) in [5.74, 6) is -1.05. The number of nitrogens with zero attached hydrogens (tertiary/aromatic N) is 3. The molecule has 3 N–H and O–H groups in total. The van der Waals surface area contributed by atoms with Gasteiger partial charge in [0, 0.05) is 31.6 Å². The van der Waals surface area contributed by atoms with E-state index >= 15 is 0 Å². The highest BCUT2D eigenvalue weighted by Gasteiger charge is 2.41. The number of carboxylic acids is 1. The molecule has 2 heterocycles. The number of hydrogen-bond donors (Lipinski definition) is 2. The first-order valence-electron chi connectivity index (χ1n) is 9.82. The molecule has 0 radical (unpaired) electrons. The van der Waals surface area contributed by atoms with Crippen molar-refractivity contribution in [1.82, 2.24) is 15.0 Å². The number of aliphatic carboxylic acids is 1. The molecular weight excluding hydrogens is 428 g/mol. The summed E-state index contributed by atoms with van der Waals surface area (Å²) in [6, 6.07) is 19.0. The van der Waals surface area contributed by atoms with Gasteiger partial charge in [0.1, 0.15) is 5.70 Å². The van der Waals surface area contributed by atoms with E-state index in [0.29, 0.717) is 12.1 Å². The van der Waals surface area contributed by atoms with Gasteiger partial charge in [-0.15, -0.1) is 0 Å². The average Bonchev–Trinajstić information content (AvgIpc) is 3.07. The number of carbonyl (C=O) groups is 1. The van der Waals surface area contributed by atoms with Crippen molar-refractivity contribution in [3.05, 3.63) is 102 Å². The smallest absolute Gasteiger partial charge is 0.353 e. The van der Waals surface area contributed by atoms with Gasteiger partial charge in [-0.3, -0.25) is 4.98 Å². The number of sulfonamides is 1. The molecule has 0 bridgehead atoms. The Hall–Kier alpha value is -3.53. The second-order valence-electron chi connectivity index (χ2n) is 7.43. The summed E-state index contributed by atoms with van der Waals surface area (Å²) in [7, 11) is -2.13. The van der Waals surface area contributed by atoms with Crippen LogP contribution in [0.5, 0.6) is 0 Å². The second kappa shape index (κ2) is 8.54. The number of hydrazine groups is 1. The second-order valence-corrected chi connectivity index (χ2v) is 8.99. The molecule has 1 aliphatic rings. The fourth-order valence-corrected chi connectivity index (χ4v) is 4.50. The quantitative estimate of drug-likeness (QED) is 0.593. The molecule has 0 saturated heterocycles. The van der Waals surface area contributed by atoms with E-state index in [0.717, 1.165) is 16.7 Å². The Labute approximate surface area is 186 Å². The molecule has 1 atom stereocenters. The fraction of sp³-hybridized carbons (Fsp3) is 0.130. The van der Waals surface area contributed by atoms with Crippen molar-refractivity contribution in [3.63, 3.8) is 0 Å². The van der Waals surface area contributed by atoms with Crippen LogP contribution in [0.4, 0.5) is 0 Å². The normalized spacial score (nSPS) is 17.1. The first kappa shape index (κ1) is 21.7. The van der Waals surface area contributed by atoms with Gasteiger partial charge >= 0.3 is 5.97 Å². The minimum atomic E-state index is -3.84. The molecule has 0 amide bonds. The molecule has 8 nitrogen and oxygen atoms in total. The number of carboxylic acid groups (broad SMARTS) is 1. The lowest BCUT2D eigenvalue weighted by Crippen LogP contribution is -2.37. The monoisotopic (exact) mass is 450 g/mol. The number of pyridine rings is 1. The molecule has 164 valence electrons. The highest BCUT2D eigenvalue weighted by Crippen LogP contribution is 2.45. The predicted molar refractivity (Wildman–Crippen MR) is 119 cm³/mol. The van der Waals surface area contributed by atoms with E-state index in [9.17, 15) is 18.3 Å². The van der Waals surface area contributed by atoms with Crippen LogP contribution < -0.4 is 5.14 Å². The van der Waals surface area contributed by atoms with Gasteiger partial charge in [-0.1, -0.05) is 42.5 Å². The predicted octanol–water partition coefficient (Wildman–Crippen LogP) is 2.63. The van der Waals surface area contributed by atoms with Crippen LogP contribution >= 0.6 is 0 Å². The van der Waals surface area contributed by atoms with Crippen LogP contribution in [0.15, 0.2) is 89.7 Å². The van der Waals surface area contributed by atoms with Crippen molar-refractivity contribution in [1.29, 1.82) is 0 Å². The number of aromatic nitrogens is 1. The van der Waals surface area contributed by atoms with Crippen LogP contribution in [0, 0.1) is 0 Å². The Kier molecular flexibility index (Phi) is 5.79. The number of primary sulfonamides is 1. The molecule has 9 heteroatoms. The van der Waals surface area contributed by atoms with Crippen molar-refractivity contribution < 1.29 is 18.3 Å². The van der Waals surface area contributed by atoms with Gasteiger partial charge < -0.3 is 10.1 Å². The van der Waals surface area contributed by atoms with Gasteiger partial charge in [0.15, 0.2) is 0 Å². The van der Waals surface area contributed by atoms with Gasteiger partial charge in [0.05, 0.1) is 10.9 Å². The molecule has 2 aromatic carbocycles. The number of hydrogen-bond acceptors (Lipinski definition) is 6. The topological polar surface area (TPSA) is 117 Å². The van der Waals surface area contributed by atoms with E-state index in [1.807, 2.05) is 35.3 Å². The number of likely N-dealkylation sites (N-methyl/N-ethyl adjacent to an activating group) is 1. The van der Waals surface area contributed by atoms with Crippen molar-refractivity contribution in [2.75, 3.05) is 7.05 Å². The van der Waals surface area contributed by atoms with Crippen LogP contribution in [-0.4, -0.2) is 41.5 Å². The van der Waals surface area contributed by atoms with E-state index in [2.05, 4.69) is 4.98 Å². The largest absolute Gasteiger partial charge is 0.477 e. The summed E-state index contributed by atoms with van der Waals surface area (Å²) in [6.45, 7) is 0.449. The maximum atomic E-state index is 12.3.